The first-order chi connectivity index (χ1) is 13.2. The molecular formula is C23H28N2O2. The van der Waals surface area contributed by atoms with Gasteiger partial charge in [0.1, 0.15) is 0 Å². The first-order valence-electron chi connectivity index (χ1n) is 10.1. The summed E-state index contributed by atoms with van der Waals surface area (Å²) in [6, 6.07) is 15.5. The number of hydrogen-bond acceptors (Lipinski definition) is 3. The van der Waals surface area contributed by atoms with E-state index in [1.807, 2.05) is 6.92 Å². The molecule has 0 aliphatic carbocycles. The molecule has 0 radical (unpaired) electrons. The van der Waals surface area contributed by atoms with Crippen molar-refractivity contribution in [2.45, 2.75) is 39.8 Å². The van der Waals surface area contributed by atoms with E-state index in [0.717, 1.165) is 39.0 Å². The van der Waals surface area contributed by atoms with Crippen LogP contribution in [0.2, 0.25) is 0 Å². The van der Waals surface area contributed by atoms with E-state index in [4.69, 9.17) is 4.74 Å². The fourth-order valence-electron chi connectivity index (χ4n) is 4.38. The van der Waals surface area contributed by atoms with Crippen LogP contribution in [0.1, 0.15) is 32.3 Å². The second-order valence-corrected chi connectivity index (χ2v) is 7.42. The van der Waals surface area contributed by atoms with Gasteiger partial charge in [-0.05, 0) is 63.5 Å². The van der Waals surface area contributed by atoms with E-state index in [-0.39, 0.29) is 11.9 Å². The van der Waals surface area contributed by atoms with E-state index in [1.165, 1.54) is 27.4 Å². The van der Waals surface area contributed by atoms with Crippen molar-refractivity contribution in [1.29, 1.82) is 0 Å². The highest BCUT2D eigenvalue weighted by Gasteiger charge is 2.26. The second-order valence-electron chi connectivity index (χ2n) is 7.42. The SMILES string of the molecule is CCOC(=O)C1CCN(Cc2ccc3c(c2)c2ccccc2n3CC)CC1. The summed E-state index contributed by atoms with van der Waals surface area (Å²) in [5.41, 5.74) is 3.96. The molecule has 0 amide bonds. The Kier molecular flexibility index (Phi) is 5.17. The van der Waals surface area contributed by atoms with E-state index in [1.54, 1.807) is 0 Å². The number of hydrogen-bond donors (Lipinski definition) is 0. The third-order valence-electron chi connectivity index (χ3n) is 5.77. The number of rotatable bonds is 5. The van der Waals surface area contributed by atoms with Crippen LogP contribution in [0.5, 0.6) is 0 Å². The van der Waals surface area contributed by atoms with Crippen LogP contribution in [0.3, 0.4) is 0 Å². The number of likely N-dealkylation sites (tertiary alicyclic amines) is 1. The fourth-order valence-corrected chi connectivity index (χ4v) is 4.38. The number of carbonyl (C=O) groups is 1. The van der Waals surface area contributed by atoms with Gasteiger partial charge in [0.15, 0.2) is 0 Å². The van der Waals surface area contributed by atoms with Crippen molar-refractivity contribution in [2.24, 2.45) is 5.92 Å². The van der Waals surface area contributed by atoms with Gasteiger partial charge in [-0.1, -0.05) is 24.3 Å². The van der Waals surface area contributed by atoms with Crippen molar-refractivity contribution in [1.82, 2.24) is 9.47 Å². The van der Waals surface area contributed by atoms with Gasteiger partial charge < -0.3 is 9.30 Å². The first kappa shape index (κ1) is 18.1. The van der Waals surface area contributed by atoms with Crippen LogP contribution < -0.4 is 0 Å². The summed E-state index contributed by atoms with van der Waals surface area (Å²) in [5.74, 6) is 0.0529. The predicted octanol–water partition coefficient (Wildman–Crippen LogP) is 4.59. The molecule has 142 valence electrons. The molecule has 4 rings (SSSR count). The maximum atomic E-state index is 11.9. The molecule has 1 aliphatic heterocycles. The Labute approximate surface area is 160 Å². The minimum Gasteiger partial charge on any atom is -0.466 e. The third-order valence-corrected chi connectivity index (χ3v) is 5.77. The average Bonchev–Trinajstić information content (AvgIpc) is 3.02. The molecular weight excluding hydrogens is 336 g/mol. The number of ether oxygens (including phenoxy) is 1. The van der Waals surface area contributed by atoms with Crippen molar-refractivity contribution >= 4 is 27.8 Å². The summed E-state index contributed by atoms with van der Waals surface area (Å²) in [6.45, 7) is 8.38. The highest BCUT2D eigenvalue weighted by atomic mass is 16.5. The summed E-state index contributed by atoms with van der Waals surface area (Å²) >= 11 is 0. The largest absolute Gasteiger partial charge is 0.466 e. The van der Waals surface area contributed by atoms with Crippen molar-refractivity contribution in [3.8, 4) is 0 Å². The quantitative estimate of drug-likeness (QED) is 0.621. The summed E-state index contributed by atoms with van der Waals surface area (Å²) in [5, 5.41) is 2.67. The molecule has 0 atom stereocenters. The summed E-state index contributed by atoms with van der Waals surface area (Å²) in [7, 11) is 0. The van der Waals surface area contributed by atoms with Crippen molar-refractivity contribution in [2.75, 3.05) is 19.7 Å². The number of para-hydroxylation sites is 1. The Hall–Kier alpha value is -2.33. The van der Waals surface area contributed by atoms with E-state index < -0.39 is 0 Å². The molecule has 1 aromatic heterocycles. The highest BCUT2D eigenvalue weighted by Crippen LogP contribution is 2.30. The zero-order valence-corrected chi connectivity index (χ0v) is 16.3. The Morgan fingerprint density at radius 2 is 1.78 bits per heavy atom. The molecule has 1 saturated heterocycles. The van der Waals surface area contributed by atoms with Crippen LogP contribution in [0.25, 0.3) is 21.8 Å². The van der Waals surface area contributed by atoms with Gasteiger partial charge in [0.05, 0.1) is 12.5 Å². The summed E-state index contributed by atoms with van der Waals surface area (Å²) in [6.07, 6.45) is 1.80. The zero-order valence-electron chi connectivity index (χ0n) is 16.3. The second kappa shape index (κ2) is 7.73. The van der Waals surface area contributed by atoms with Crippen LogP contribution in [0, 0.1) is 5.92 Å². The molecule has 1 fully saturated rings. The fraction of sp³-hybridized carbons (Fsp3) is 0.435. The number of nitrogens with zero attached hydrogens (tertiary/aromatic N) is 2. The minimum atomic E-state index is -0.0223. The molecule has 0 N–H and O–H groups in total. The molecule has 0 spiro atoms. The highest BCUT2D eigenvalue weighted by molar-refractivity contribution is 6.08. The lowest BCUT2D eigenvalue weighted by Crippen LogP contribution is -2.36. The molecule has 3 aromatic rings. The Balaban J connectivity index is 1.52. The number of piperidine rings is 1. The van der Waals surface area contributed by atoms with Gasteiger partial charge in [0.25, 0.3) is 0 Å². The lowest BCUT2D eigenvalue weighted by molar-refractivity contribution is -0.149. The van der Waals surface area contributed by atoms with Gasteiger partial charge in [-0.3, -0.25) is 9.69 Å². The molecule has 0 saturated carbocycles. The monoisotopic (exact) mass is 364 g/mol. The normalized spacial score (nSPS) is 16.2. The number of esters is 1. The predicted molar refractivity (Wildman–Crippen MR) is 110 cm³/mol. The lowest BCUT2D eigenvalue weighted by Gasteiger charge is -2.30. The van der Waals surface area contributed by atoms with Gasteiger partial charge in [-0.15, -0.1) is 0 Å². The van der Waals surface area contributed by atoms with Gasteiger partial charge >= 0.3 is 5.97 Å². The molecule has 0 unspecified atom stereocenters. The van der Waals surface area contributed by atoms with E-state index in [0.29, 0.717) is 6.61 Å². The van der Waals surface area contributed by atoms with Crippen LogP contribution in [0.4, 0.5) is 0 Å². The average molecular weight is 364 g/mol. The Bertz CT molecular complexity index is 952. The maximum absolute atomic E-state index is 11.9. The van der Waals surface area contributed by atoms with Crippen LogP contribution in [0.15, 0.2) is 42.5 Å². The summed E-state index contributed by atoms with van der Waals surface area (Å²) in [4.78, 5) is 14.4. The number of carbonyl (C=O) groups excluding carboxylic acids is 1. The number of fused-ring (bicyclic) bond motifs is 3. The molecule has 1 aliphatic rings. The van der Waals surface area contributed by atoms with E-state index in [2.05, 4.69) is 58.9 Å². The Morgan fingerprint density at radius 1 is 1.04 bits per heavy atom. The minimum absolute atomic E-state index is 0.0223. The molecule has 2 heterocycles. The van der Waals surface area contributed by atoms with E-state index >= 15 is 0 Å². The van der Waals surface area contributed by atoms with Gasteiger partial charge in [-0.2, -0.15) is 0 Å². The van der Waals surface area contributed by atoms with Crippen molar-refractivity contribution in [3.05, 3.63) is 48.0 Å². The van der Waals surface area contributed by atoms with Crippen LogP contribution >= 0.6 is 0 Å². The van der Waals surface area contributed by atoms with Crippen LogP contribution in [-0.4, -0.2) is 35.1 Å². The molecule has 27 heavy (non-hydrogen) atoms. The van der Waals surface area contributed by atoms with Crippen molar-refractivity contribution < 1.29 is 9.53 Å². The standard InChI is InChI=1S/C23H28N2O2/c1-3-25-21-8-6-5-7-19(21)20-15-17(9-10-22(20)25)16-24-13-11-18(12-14-24)23(26)27-4-2/h5-10,15,18H,3-4,11-14,16H2,1-2H3. The zero-order chi connectivity index (χ0) is 18.8. The number of aryl methyl sites for hydroxylation is 1. The van der Waals surface area contributed by atoms with Crippen LogP contribution in [-0.2, 0) is 22.6 Å². The molecule has 0 bridgehead atoms. The molecule has 4 nitrogen and oxygen atoms in total. The smallest absolute Gasteiger partial charge is 0.309 e. The van der Waals surface area contributed by atoms with Gasteiger partial charge in [-0.25, -0.2) is 0 Å². The number of benzene rings is 2. The number of aromatic nitrogens is 1. The van der Waals surface area contributed by atoms with Crippen molar-refractivity contribution in [3.63, 3.8) is 0 Å². The maximum Gasteiger partial charge on any atom is 0.309 e. The Morgan fingerprint density at radius 3 is 2.52 bits per heavy atom. The molecule has 4 heteroatoms. The van der Waals surface area contributed by atoms with Gasteiger partial charge in [0.2, 0.25) is 0 Å². The topological polar surface area (TPSA) is 34.5 Å². The lowest BCUT2D eigenvalue weighted by atomic mass is 9.96. The molecule has 2 aromatic carbocycles. The van der Waals surface area contributed by atoms with Gasteiger partial charge in [0, 0.05) is 34.9 Å². The third kappa shape index (κ3) is 3.46. The first-order valence-corrected chi connectivity index (χ1v) is 10.1. The van der Waals surface area contributed by atoms with E-state index in [9.17, 15) is 4.79 Å². The summed E-state index contributed by atoms with van der Waals surface area (Å²) < 4.78 is 7.57.